The monoisotopic (exact) mass is 318 g/mol. The van der Waals surface area contributed by atoms with Gasteiger partial charge in [-0.3, -0.25) is 0 Å². The number of ether oxygens (including phenoxy) is 3. The molecule has 1 atom stereocenters. The maximum Gasteiger partial charge on any atom is 0.339 e. The second-order valence-electron chi connectivity index (χ2n) is 3.52. The van der Waals surface area contributed by atoms with Crippen molar-refractivity contribution in [3.63, 3.8) is 0 Å². The van der Waals surface area contributed by atoms with Gasteiger partial charge in [-0.25, -0.2) is 4.79 Å². The molecule has 0 bridgehead atoms. The van der Waals surface area contributed by atoms with E-state index >= 15 is 0 Å². The van der Waals surface area contributed by atoms with Gasteiger partial charge in [0.05, 0.1) is 6.61 Å². The molecule has 0 saturated heterocycles. The molecule has 98 valence electrons. The van der Waals surface area contributed by atoms with Crippen LogP contribution in [0, 0.1) is 0 Å². The van der Waals surface area contributed by atoms with Gasteiger partial charge in [-0.15, -0.1) is 0 Å². The van der Waals surface area contributed by atoms with Crippen molar-refractivity contribution in [3.8, 4) is 17.2 Å². The summed E-state index contributed by atoms with van der Waals surface area (Å²) in [5, 5.41) is 19.7. The highest BCUT2D eigenvalue weighted by molar-refractivity contribution is 9.10. The molecule has 6 nitrogen and oxygen atoms in total. The maximum atomic E-state index is 11.4. The number of aliphatic hydroxyl groups excluding tert-OH is 1. The number of aliphatic hydroxyl groups is 1. The molecule has 1 aromatic rings. The predicted octanol–water partition coefficient (Wildman–Crippen LogP) is 1.48. The second-order valence-corrected chi connectivity index (χ2v) is 4.31. The lowest BCUT2D eigenvalue weighted by molar-refractivity contribution is -0.153. The highest BCUT2D eigenvalue weighted by Gasteiger charge is 2.29. The van der Waals surface area contributed by atoms with Crippen LogP contribution in [0.3, 0.4) is 0 Å². The van der Waals surface area contributed by atoms with Gasteiger partial charge < -0.3 is 24.4 Å². The quantitative estimate of drug-likeness (QED) is 0.821. The Morgan fingerprint density at radius 3 is 3.00 bits per heavy atom. The summed E-state index contributed by atoms with van der Waals surface area (Å²) in [4.78, 5) is 11.4. The second kappa shape index (κ2) is 5.03. The largest absolute Gasteiger partial charge is 0.506 e. The zero-order chi connectivity index (χ0) is 13.3. The molecule has 1 aliphatic rings. The number of carbonyl (C=O) groups is 1. The van der Waals surface area contributed by atoms with Crippen LogP contribution in [-0.4, -0.2) is 29.6 Å². The molecule has 0 spiro atoms. The molecule has 0 radical (unpaired) electrons. The molecular weight excluding hydrogens is 308 g/mol. The fourth-order valence-electron chi connectivity index (χ4n) is 1.57. The minimum atomic E-state index is -1.57. The highest BCUT2D eigenvalue weighted by atomic mass is 79.9. The van der Waals surface area contributed by atoms with Crippen LogP contribution in [0.5, 0.6) is 17.2 Å². The van der Waals surface area contributed by atoms with Crippen molar-refractivity contribution in [1.82, 2.24) is 0 Å². The smallest absolute Gasteiger partial charge is 0.339 e. The number of halogens is 1. The van der Waals surface area contributed by atoms with E-state index in [0.717, 1.165) is 0 Å². The number of hydrogen-bond donors (Lipinski definition) is 2. The number of aromatic hydroxyl groups is 1. The summed E-state index contributed by atoms with van der Waals surface area (Å²) in [6.45, 7) is 1.79. The first-order valence-corrected chi connectivity index (χ1v) is 6.01. The van der Waals surface area contributed by atoms with Crippen molar-refractivity contribution in [2.45, 2.75) is 13.0 Å². The Labute approximate surface area is 111 Å². The van der Waals surface area contributed by atoms with Gasteiger partial charge >= 0.3 is 5.97 Å². The van der Waals surface area contributed by atoms with Crippen molar-refractivity contribution < 1.29 is 29.2 Å². The van der Waals surface area contributed by atoms with Crippen LogP contribution in [0.25, 0.3) is 0 Å². The number of rotatable bonds is 3. The van der Waals surface area contributed by atoms with E-state index in [2.05, 4.69) is 20.7 Å². The Balaban J connectivity index is 2.40. The summed E-state index contributed by atoms with van der Waals surface area (Å²) >= 11 is 3.12. The maximum absolute atomic E-state index is 11.4. The molecule has 1 aromatic carbocycles. The van der Waals surface area contributed by atoms with Gasteiger partial charge in [-0.1, -0.05) is 0 Å². The minimum absolute atomic E-state index is 0.00424. The third-order valence-corrected chi connectivity index (χ3v) is 3.15. The average Bonchev–Trinajstić information content (AvgIpc) is 2.81. The molecule has 1 unspecified atom stereocenters. The third-order valence-electron chi connectivity index (χ3n) is 2.41. The first kappa shape index (κ1) is 13.0. The molecule has 1 aliphatic heterocycles. The van der Waals surface area contributed by atoms with Crippen LogP contribution < -0.4 is 9.47 Å². The van der Waals surface area contributed by atoms with E-state index in [4.69, 9.17) is 9.47 Å². The van der Waals surface area contributed by atoms with Crippen molar-refractivity contribution in [3.05, 3.63) is 16.1 Å². The Kier molecular flexibility index (Phi) is 3.63. The summed E-state index contributed by atoms with van der Waals surface area (Å²) in [5.74, 6) is -0.427. The van der Waals surface area contributed by atoms with E-state index in [1.165, 1.54) is 6.07 Å². The lowest BCUT2D eigenvalue weighted by atomic mass is 10.1. The summed E-state index contributed by atoms with van der Waals surface area (Å²) in [6.07, 6.45) is -1.57. The number of hydrogen-bond acceptors (Lipinski definition) is 6. The van der Waals surface area contributed by atoms with Gasteiger partial charge in [0, 0.05) is 5.56 Å². The molecule has 2 N–H and O–H groups in total. The fraction of sp³-hybridized carbons (Fsp3) is 0.364. The Bertz CT molecular complexity index is 487. The number of phenols is 1. The molecule has 2 rings (SSSR count). The molecule has 0 saturated carbocycles. The summed E-state index contributed by atoms with van der Waals surface area (Å²) in [7, 11) is 0. The van der Waals surface area contributed by atoms with E-state index in [1.807, 2.05) is 0 Å². The summed E-state index contributed by atoms with van der Waals surface area (Å²) < 4.78 is 15.2. The van der Waals surface area contributed by atoms with Crippen molar-refractivity contribution in [1.29, 1.82) is 0 Å². The van der Waals surface area contributed by atoms with Crippen LogP contribution in [0.1, 0.15) is 18.6 Å². The lowest BCUT2D eigenvalue weighted by Gasteiger charge is -2.13. The fourth-order valence-corrected chi connectivity index (χ4v) is 2.11. The van der Waals surface area contributed by atoms with Crippen molar-refractivity contribution in [2.75, 3.05) is 13.4 Å². The molecule has 18 heavy (non-hydrogen) atoms. The number of carbonyl (C=O) groups excluding carboxylic acids is 1. The Morgan fingerprint density at radius 2 is 2.33 bits per heavy atom. The van der Waals surface area contributed by atoms with Crippen LogP contribution in [0.15, 0.2) is 10.5 Å². The Hall–Kier alpha value is -1.47. The highest BCUT2D eigenvalue weighted by Crippen LogP contribution is 2.47. The van der Waals surface area contributed by atoms with Crippen LogP contribution in [0.2, 0.25) is 0 Å². The van der Waals surface area contributed by atoms with E-state index in [-0.39, 0.29) is 29.2 Å². The third kappa shape index (κ3) is 2.11. The topological polar surface area (TPSA) is 85.2 Å². The predicted molar refractivity (Wildman–Crippen MR) is 63.5 cm³/mol. The van der Waals surface area contributed by atoms with E-state index in [9.17, 15) is 15.0 Å². The number of esters is 1. The van der Waals surface area contributed by atoms with E-state index in [0.29, 0.717) is 11.5 Å². The van der Waals surface area contributed by atoms with Gasteiger partial charge in [0.25, 0.3) is 0 Å². The number of fused-ring (bicyclic) bond motifs is 1. The van der Waals surface area contributed by atoms with E-state index in [1.54, 1.807) is 6.92 Å². The zero-order valence-corrected chi connectivity index (χ0v) is 11.1. The molecule has 0 aromatic heterocycles. The number of phenolic OH excluding ortho intramolecular Hbond substituents is 1. The normalized spacial score (nSPS) is 14.4. The molecular formula is C11H11BrO6. The van der Waals surface area contributed by atoms with Crippen molar-refractivity contribution in [2.24, 2.45) is 0 Å². The summed E-state index contributed by atoms with van der Waals surface area (Å²) in [5.41, 5.74) is 0.00424. The molecule has 0 fully saturated rings. The van der Waals surface area contributed by atoms with Gasteiger partial charge in [-0.2, -0.15) is 0 Å². The lowest BCUT2D eigenvalue weighted by Crippen LogP contribution is -2.15. The van der Waals surface area contributed by atoms with Crippen LogP contribution in [-0.2, 0) is 9.53 Å². The standard InChI is InChI=1S/C11H11BrO6/c1-2-16-11(15)9(14)5-3-6-10(18-4-17-6)7(12)8(5)13/h3,9,13-14H,2,4H2,1H3. The van der Waals surface area contributed by atoms with E-state index < -0.39 is 12.1 Å². The van der Waals surface area contributed by atoms with Gasteiger partial charge in [0.1, 0.15) is 10.2 Å². The van der Waals surface area contributed by atoms with Gasteiger partial charge in [-0.05, 0) is 28.9 Å². The zero-order valence-electron chi connectivity index (χ0n) is 9.47. The molecule has 1 heterocycles. The molecule has 0 amide bonds. The SMILES string of the molecule is CCOC(=O)C(O)c1cc2c(c(Br)c1O)OCO2. The summed E-state index contributed by atoms with van der Waals surface area (Å²) in [6, 6.07) is 1.35. The number of benzene rings is 1. The van der Waals surface area contributed by atoms with Crippen LogP contribution >= 0.6 is 15.9 Å². The first-order valence-electron chi connectivity index (χ1n) is 5.22. The average molecular weight is 319 g/mol. The van der Waals surface area contributed by atoms with Gasteiger partial charge in [0.15, 0.2) is 17.6 Å². The minimum Gasteiger partial charge on any atom is -0.506 e. The molecule has 7 heteroatoms. The molecule has 0 aliphatic carbocycles. The van der Waals surface area contributed by atoms with Crippen molar-refractivity contribution >= 4 is 21.9 Å². The first-order chi connectivity index (χ1) is 8.56. The Morgan fingerprint density at radius 1 is 1.61 bits per heavy atom. The van der Waals surface area contributed by atoms with Crippen LogP contribution in [0.4, 0.5) is 0 Å². The van der Waals surface area contributed by atoms with Gasteiger partial charge in [0.2, 0.25) is 6.79 Å².